The van der Waals surface area contributed by atoms with Gasteiger partial charge in [-0.1, -0.05) is 0 Å². The fourth-order valence-electron chi connectivity index (χ4n) is 0.338. The van der Waals surface area contributed by atoms with Crippen LogP contribution >= 0.6 is 0 Å². The van der Waals surface area contributed by atoms with E-state index in [4.69, 9.17) is 10.5 Å². The van der Waals surface area contributed by atoms with E-state index in [-0.39, 0.29) is 6.42 Å². The van der Waals surface area contributed by atoms with E-state index in [2.05, 4.69) is 0 Å². The van der Waals surface area contributed by atoms with E-state index in [1.54, 1.807) is 0 Å². The average molecular weight is 130 g/mol. The lowest BCUT2D eigenvalue weighted by Crippen LogP contribution is -2.29. The van der Waals surface area contributed by atoms with Gasteiger partial charge in [-0.25, -0.2) is 0 Å². The maximum atomic E-state index is 9.77. The number of aliphatic hydroxyl groups excluding tert-OH is 1. The summed E-state index contributed by atoms with van der Waals surface area (Å²) in [4.78, 5) is 11.0. The zero-order valence-electron chi connectivity index (χ0n) is 5.24. The Bertz CT molecular complexity index is 105. The molecule has 0 rings (SSSR count). The molecule has 0 amide bonds. The van der Waals surface area contributed by atoms with Crippen LogP contribution in [0.15, 0.2) is 0 Å². The van der Waals surface area contributed by atoms with Crippen molar-refractivity contribution in [2.45, 2.75) is 12.6 Å². The first-order valence-electron chi connectivity index (χ1n) is 2.56. The second-order valence-corrected chi connectivity index (χ2v) is 1.68. The van der Waals surface area contributed by atoms with Crippen molar-refractivity contribution in [1.82, 2.24) is 4.90 Å². The first kappa shape index (κ1) is 8.10. The lowest BCUT2D eigenvalue weighted by atomic mass is 10.4. The third-order valence-corrected chi connectivity index (χ3v) is 0.981. The SMILES string of the molecule is CN(C=N)C(O)CC=O. The van der Waals surface area contributed by atoms with Gasteiger partial charge in [0.05, 0.1) is 6.34 Å². The van der Waals surface area contributed by atoms with Crippen LogP contribution < -0.4 is 0 Å². The van der Waals surface area contributed by atoms with Gasteiger partial charge in [-0.3, -0.25) is 5.41 Å². The molecule has 0 heterocycles. The molecule has 0 aliphatic heterocycles. The minimum absolute atomic E-state index is 0.0475. The normalized spacial score (nSPS) is 12.2. The summed E-state index contributed by atoms with van der Waals surface area (Å²) in [5, 5.41) is 15.5. The van der Waals surface area contributed by atoms with E-state index in [1.807, 2.05) is 0 Å². The molecule has 0 radical (unpaired) electrons. The predicted octanol–water partition coefficient (Wildman–Crippen LogP) is -0.567. The molecule has 2 N–H and O–H groups in total. The lowest BCUT2D eigenvalue weighted by Gasteiger charge is -2.17. The molecule has 4 heteroatoms. The third-order valence-electron chi connectivity index (χ3n) is 0.981. The van der Waals surface area contributed by atoms with Gasteiger partial charge < -0.3 is 14.8 Å². The van der Waals surface area contributed by atoms with E-state index < -0.39 is 6.23 Å². The molecule has 0 aromatic rings. The van der Waals surface area contributed by atoms with Gasteiger partial charge in [-0.15, -0.1) is 0 Å². The van der Waals surface area contributed by atoms with Crippen molar-refractivity contribution in [2.24, 2.45) is 0 Å². The van der Waals surface area contributed by atoms with Crippen LogP contribution in [-0.4, -0.2) is 35.9 Å². The monoisotopic (exact) mass is 130 g/mol. The van der Waals surface area contributed by atoms with Gasteiger partial charge in [0.2, 0.25) is 0 Å². The van der Waals surface area contributed by atoms with Gasteiger partial charge in [-0.05, 0) is 0 Å². The van der Waals surface area contributed by atoms with Crippen LogP contribution in [0.5, 0.6) is 0 Å². The van der Waals surface area contributed by atoms with Crippen LogP contribution in [0, 0.1) is 5.41 Å². The Labute approximate surface area is 53.6 Å². The lowest BCUT2D eigenvalue weighted by molar-refractivity contribution is -0.110. The topological polar surface area (TPSA) is 64.4 Å². The standard InChI is InChI=1S/C5H10N2O2/c1-7(4-6)5(9)2-3-8/h3-6,9H,2H2,1H3. The van der Waals surface area contributed by atoms with Crippen molar-refractivity contribution < 1.29 is 9.90 Å². The summed E-state index contributed by atoms with van der Waals surface area (Å²) < 4.78 is 0. The fourth-order valence-corrected chi connectivity index (χ4v) is 0.338. The first-order valence-corrected chi connectivity index (χ1v) is 2.56. The molecular formula is C5H10N2O2. The van der Waals surface area contributed by atoms with Gasteiger partial charge in [0, 0.05) is 13.5 Å². The maximum Gasteiger partial charge on any atom is 0.133 e. The van der Waals surface area contributed by atoms with E-state index >= 15 is 0 Å². The Morgan fingerprint density at radius 1 is 1.89 bits per heavy atom. The number of hydrogen-bond acceptors (Lipinski definition) is 3. The largest absolute Gasteiger partial charge is 0.373 e. The van der Waals surface area contributed by atoms with E-state index in [0.29, 0.717) is 6.29 Å². The molecular weight excluding hydrogens is 120 g/mol. The number of aldehydes is 1. The van der Waals surface area contributed by atoms with Gasteiger partial charge in [0.15, 0.2) is 0 Å². The number of carbonyl (C=O) groups excluding carboxylic acids is 1. The van der Waals surface area contributed by atoms with E-state index in [0.717, 1.165) is 6.34 Å². The summed E-state index contributed by atoms with van der Waals surface area (Å²) in [6.07, 6.45) is 0.782. The zero-order valence-corrected chi connectivity index (χ0v) is 5.24. The third kappa shape index (κ3) is 2.81. The van der Waals surface area contributed by atoms with E-state index in [9.17, 15) is 4.79 Å². The van der Waals surface area contributed by atoms with Crippen molar-refractivity contribution in [1.29, 1.82) is 5.41 Å². The minimum atomic E-state index is -0.847. The molecule has 9 heavy (non-hydrogen) atoms. The highest BCUT2D eigenvalue weighted by Crippen LogP contribution is 1.90. The van der Waals surface area contributed by atoms with E-state index in [1.165, 1.54) is 11.9 Å². The number of rotatable bonds is 4. The van der Waals surface area contributed by atoms with Crippen molar-refractivity contribution in [2.75, 3.05) is 7.05 Å². The molecule has 0 saturated carbocycles. The quantitative estimate of drug-likeness (QED) is 0.232. The molecule has 0 aromatic carbocycles. The van der Waals surface area contributed by atoms with Crippen molar-refractivity contribution in [3.05, 3.63) is 0 Å². The summed E-state index contributed by atoms with van der Waals surface area (Å²) in [7, 11) is 1.53. The molecule has 4 nitrogen and oxygen atoms in total. The van der Waals surface area contributed by atoms with Crippen LogP contribution in [-0.2, 0) is 4.79 Å². The molecule has 1 unspecified atom stereocenters. The Balaban J connectivity index is 3.56. The number of nitrogens with one attached hydrogen (secondary N) is 1. The Hall–Kier alpha value is -0.900. The first-order chi connectivity index (χ1) is 4.22. The average Bonchev–Trinajstić information content (AvgIpc) is 1.87. The second-order valence-electron chi connectivity index (χ2n) is 1.68. The van der Waals surface area contributed by atoms with Crippen LogP contribution in [0.4, 0.5) is 0 Å². The van der Waals surface area contributed by atoms with Crippen molar-refractivity contribution in [3.63, 3.8) is 0 Å². The number of carbonyl (C=O) groups is 1. The number of hydrogen-bond donors (Lipinski definition) is 2. The molecule has 0 saturated heterocycles. The second kappa shape index (κ2) is 4.03. The predicted molar refractivity (Wildman–Crippen MR) is 33.2 cm³/mol. The fraction of sp³-hybridized carbons (Fsp3) is 0.600. The number of nitrogens with zero attached hydrogens (tertiary/aromatic N) is 1. The molecule has 0 aliphatic carbocycles. The molecule has 1 atom stereocenters. The summed E-state index contributed by atoms with van der Waals surface area (Å²) >= 11 is 0. The van der Waals surface area contributed by atoms with Gasteiger partial charge >= 0.3 is 0 Å². The van der Waals surface area contributed by atoms with Gasteiger partial charge in [0.25, 0.3) is 0 Å². The Morgan fingerprint density at radius 3 is 2.78 bits per heavy atom. The summed E-state index contributed by atoms with van der Waals surface area (Å²) in [6.45, 7) is 0. The summed E-state index contributed by atoms with van der Waals surface area (Å²) in [5.41, 5.74) is 0. The maximum absolute atomic E-state index is 9.77. The zero-order chi connectivity index (χ0) is 7.28. The van der Waals surface area contributed by atoms with Gasteiger partial charge in [0.1, 0.15) is 12.5 Å². The van der Waals surface area contributed by atoms with Crippen LogP contribution in [0.3, 0.4) is 0 Å². The highest BCUT2D eigenvalue weighted by atomic mass is 16.3. The molecule has 0 bridgehead atoms. The molecule has 0 spiro atoms. The van der Waals surface area contributed by atoms with Crippen molar-refractivity contribution in [3.8, 4) is 0 Å². The Morgan fingerprint density at radius 2 is 2.44 bits per heavy atom. The number of aliphatic hydroxyl groups is 1. The van der Waals surface area contributed by atoms with Crippen LogP contribution in [0.2, 0.25) is 0 Å². The highest BCUT2D eigenvalue weighted by Gasteiger charge is 2.04. The molecule has 0 fully saturated rings. The van der Waals surface area contributed by atoms with Crippen molar-refractivity contribution >= 4 is 12.6 Å². The smallest absolute Gasteiger partial charge is 0.133 e. The molecule has 0 aliphatic rings. The summed E-state index contributed by atoms with van der Waals surface area (Å²) in [5.74, 6) is 0. The minimum Gasteiger partial charge on any atom is -0.373 e. The van der Waals surface area contributed by atoms with Crippen LogP contribution in [0.25, 0.3) is 0 Å². The molecule has 52 valence electrons. The Kier molecular flexibility index (Phi) is 3.62. The molecule has 0 aromatic heterocycles. The van der Waals surface area contributed by atoms with Gasteiger partial charge in [-0.2, -0.15) is 0 Å². The van der Waals surface area contributed by atoms with Crippen LogP contribution in [0.1, 0.15) is 6.42 Å². The summed E-state index contributed by atoms with van der Waals surface area (Å²) in [6, 6.07) is 0. The highest BCUT2D eigenvalue weighted by molar-refractivity contribution is 5.54.